The third-order valence-corrected chi connectivity index (χ3v) is 5.15. The maximum absolute atomic E-state index is 4.60. The van der Waals surface area contributed by atoms with Gasteiger partial charge in [0.2, 0.25) is 0 Å². The first-order valence-corrected chi connectivity index (χ1v) is 8.58. The van der Waals surface area contributed by atoms with Crippen molar-refractivity contribution in [3.8, 4) is 0 Å². The molecule has 3 aliphatic rings. The maximum atomic E-state index is 4.60. The molecule has 0 amide bonds. The van der Waals surface area contributed by atoms with Crippen LogP contribution in [0, 0.1) is 5.92 Å². The van der Waals surface area contributed by atoms with E-state index in [1.54, 1.807) is 0 Å². The second kappa shape index (κ2) is 6.33. The lowest BCUT2D eigenvalue weighted by molar-refractivity contribution is 0.242. The highest BCUT2D eigenvalue weighted by Crippen LogP contribution is 2.29. The third kappa shape index (κ3) is 3.46. The van der Waals surface area contributed by atoms with Gasteiger partial charge in [-0.1, -0.05) is 19.8 Å². The number of hydrogen-bond donors (Lipinski definition) is 2. The summed E-state index contributed by atoms with van der Waals surface area (Å²) in [5.74, 6) is 1.86. The lowest BCUT2D eigenvalue weighted by atomic mass is 10.2. The van der Waals surface area contributed by atoms with Gasteiger partial charge in [-0.2, -0.15) is 0 Å². The molecule has 0 aromatic heterocycles. The molecule has 4 heteroatoms. The van der Waals surface area contributed by atoms with Crippen molar-refractivity contribution < 1.29 is 0 Å². The van der Waals surface area contributed by atoms with E-state index in [2.05, 4.69) is 34.4 Å². The van der Waals surface area contributed by atoms with Gasteiger partial charge in [0, 0.05) is 37.8 Å². The average Bonchev–Trinajstić information content (AvgIpc) is 2.91. The highest BCUT2D eigenvalue weighted by molar-refractivity contribution is 5.80. The van der Waals surface area contributed by atoms with E-state index >= 15 is 0 Å². The van der Waals surface area contributed by atoms with Gasteiger partial charge in [-0.15, -0.1) is 0 Å². The first-order valence-electron chi connectivity index (χ1n) is 8.58. The number of rotatable bonds is 4. The van der Waals surface area contributed by atoms with Crippen LogP contribution in [0.5, 0.6) is 0 Å². The first-order chi connectivity index (χ1) is 9.76. The molecule has 0 radical (unpaired) electrons. The Labute approximate surface area is 123 Å². The molecular weight excluding hydrogens is 248 g/mol. The first kappa shape index (κ1) is 14.2. The molecule has 0 aromatic carbocycles. The topological polar surface area (TPSA) is 39.7 Å². The van der Waals surface area contributed by atoms with E-state index in [1.807, 2.05) is 0 Å². The molecule has 0 bridgehead atoms. The minimum Gasteiger partial charge on any atom is -0.353 e. The van der Waals surface area contributed by atoms with Crippen molar-refractivity contribution in [1.29, 1.82) is 0 Å². The van der Waals surface area contributed by atoms with Crippen LogP contribution < -0.4 is 10.6 Å². The molecule has 3 unspecified atom stereocenters. The van der Waals surface area contributed by atoms with Crippen molar-refractivity contribution in [2.75, 3.05) is 19.6 Å². The number of guanidine groups is 1. The van der Waals surface area contributed by atoms with Crippen LogP contribution >= 0.6 is 0 Å². The summed E-state index contributed by atoms with van der Waals surface area (Å²) in [6.45, 7) is 7.74. The van der Waals surface area contributed by atoms with Gasteiger partial charge >= 0.3 is 0 Å². The van der Waals surface area contributed by atoms with E-state index in [0.717, 1.165) is 24.5 Å². The Morgan fingerprint density at radius 1 is 1.20 bits per heavy atom. The van der Waals surface area contributed by atoms with Crippen LogP contribution in [-0.2, 0) is 0 Å². The van der Waals surface area contributed by atoms with Crippen LogP contribution in [0.4, 0.5) is 0 Å². The molecule has 3 atom stereocenters. The van der Waals surface area contributed by atoms with Crippen LogP contribution in [-0.4, -0.2) is 48.6 Å². The number of hydrogen-bond acceptors (Lipinski definition) is 2. The molecule has 1 aliphatic heterocycles. The van der Waals surface area contributed by atoms with Gasteiger partial charge in [-0.05, 0) is 38.5 Å². The SMILES string of the molecule is CCN=C(NC1CCN(C2CCCC2)C1)NC1CC1C. The summed E-state index contributed by atoms with van der Waals surface area (Å²) in [6, 6.07) is 2.10. The fourth-order valence-electron chi connectivity index (χ4n) is 3.69. The van der Waals surface area contributed by atoms with Gasteiger partial charge < -0.3 is 10.6 Å². The third-order valence-electron chi connectivity index (χ3n) is 5.15. The van der Waals surface area contributed by atoms with Gasteiger partial charge in [-0.25, -0.2) is 0 Å². The van der Waals surface area contributed by atoms with Crippen LogP contribution in [0.1, 0.15) is 52.4 Å². The van der Waals surface area contributed by atoms with Gasteiger partial charge in [0.15, 0.2) is 5.96 Å². The normalized spacial score (nSPS) is 35.5. The predicted molar refractivity (Wildman–Crippen MR) is 84.1 cm³/mol. The second-order valence-corrected chi connectivity index (χ2v) is 6.85. The van der Waals surface area contributed by atoms with E-state index in [1.165, 1.54) is 51.6 Å². The van der Waals surface area contributed by atoms with Gasteiger partial charge in [0.1, 0.15) is 0 Å². The molecule has 3 rings (SSSR count). The quantitative estimate of drug-likeness (QED) is 0.610. The largest absolute Gasteiger partial charge is 0.353 e. The van der Waals surface area contributed by atoms with Crippen LogP contribution in [0.25, 0.3) is 0 Å². The fourth-order valence-corrected chi connectivity index (χ4v) is 3.69. The summed E-state index contributed by atoms with van der Waals surface area (Å²) >= 11 is 0. The number of nitrogens with one attached hydrogen (secondary N) is 2. The van der Waals surface area contributed by atoms with Crippen molar-refractivity contribution in [3.63, 3.8) is 0 Å². The maximum Gasteiger partial charge on any atom is 0.191 e. The molecule has 1 saturated heterocycles. The van der Waals surface area contributed by atoms with Crippen LogP contribution in [0.15, 0.2) is 4.99 Å². The van der Waals surface area contributed by atoms with Gasteiger partial charge in [0.05, 0.1) is 0 Å². The summed E-state index contributed by atoms with van der Waals surface area (Å²) in [4.78, 5) is 7.30. The molecular formula is C16H30N4. The molecule has 2 saturated carbocycles. The highest BCUT2D eigenvalue weighted by Gasteiger charge is 2.34. The highest BCUT2D eigenvalue weighted by atomic mass is 15.3. The molecule has 4 nitrogen and oxygen atoms in total. The summed E-state index contributed by atoms with van der Waals surface area (Å²) < 4.78 is 0. The van der Waals surface area contributed by atoms with E-state index in [4.69, 9.17) is 0 Å². The molecule has 20 heavy (non-hydrogen) atoms. The zero-order chi connectivity index (χ0) is 13.9. The predicted octanol–water partition coefficient (Wildman–Crippen LogP) is 1.97. The van der Waals surface area contributed by atoms with Gasteiger partial charge in [-0.3, -0.25) is 9.89 Å². The minimum atomic E-state index is 0.586. The van der Waals surface area contributed by atoms with E-state index in [-0.39, 0.29) is 0 Å². The lowest BCUT2D eigenvalue weighted by Crippen LogP contribution is -2.46. The van der Waals surface area contributed by atoms with Crippen LogP contribution in [0.3, 0.4) is 0 Å². The van der Waals surface area contributed by atoms with E-state index < -0.39 is 0 Å². The van der Waals surface area contributed by atoms with Crippen molar-refractivity contribution in [2.24, 2.45) is 10.9 Å². The average molecular weight is 278 g/mol. The standard InChI is InChI=1S/C16H30N4/c1-3-17-16(19-15-10-12(15)2)18-13-8-9-20(11-13)14-6-4-5-7-14/h12-15H,3-11H2,1-2H3,(H2,17,18,19). The Morgan fingerprint density at radius 3 is 2.60 bits per heavy atom. The smallest absolute Gasteiger partial charge is 0.191 e. The molecule has 2 aliphatic carbocycles. The van der Waals surface area contributed by atoms with Crippen LogP contribution in [0.2, 0.25) is 0 Å². The Balaban J connectivity index is 1.47. The van der Waals surface area contributed by atoms with Crippen molar-refractivity contribution in [3.05, 3.63) is 0 Å². The lowest BCUT2D eigenvalue weighted by Gasteiger charge is -2.24. The summed E-state index contributed by atoms with van der Waals surface area (Å²) in [5.41, 5.74) is 0. The molecule has 2 N–H and O–H groups in total. The summed E-state index contributed by atoms with van der Waals surface area (Å²) in [6.07, 6.45) is 8.26. The second-order valence-electron chi connectivity index (χ2n) is 6.85. The van der Waals surface area contributed by atoms with E-state index in [9.17, 15) is 0 Å². The molecule has 1 heterocycles. The van der Waals surface area contributed by atoms with E-state index in [0.29, 0.717) is 12.1 Å². The van der Waals surface area contributed by atoms with Crippen molar-refractivity contribution in [2.45, 2.75) is 70.5 Å². The van der Waals surface area contributed by atoms with Crippen molar-refractivity contribution >= 4 is 5.96 Å². The minimum absolute atomic E-state index is 0.586. The monoisotopic (exact) mass is 278 g/mol. The number of aliphatic imine (C=N–C) groups is 1. The number of likely N-dealkylation sites (tertiary alicyclic amines) is 1. The Kier molecular flexibility index (Phi) is 4.49. The summed E-state index contributed by atoms with van der Waals surface area (Å²) in [5, 5.41) is 7.23. The molecule has 0 spiro atoms. The zero-order valence-corrected chi connectivity index (χ0v) is 13.1. The zero-order valence-electron chi connectivity index (χ0n) is 13.1. The van der Waals surface area contributed by atoms with Gasteiger partial charge in [0.25, 0.3) is 0 Å². The Hall–Kier alpha value is -0.770. The Bertz CT molecular complexity index is 348. The number of nitrogens with zero attached hydrogens (tertiary/aromatic N) is 2. The molecule has 3 fully saturated rings. The molecule has 114 valence electrons. The fraction of sp³-hybridized carbons (Fsp3) is 0.938. The van der Waals surface area contributed by atoms with Crippen molar-refractivity contribution in [1.82, 2.24) is 15.5 Å². The molecule has 0 aromatic rings. The summed E-state index contributed by atoms with van der Waals surface area (Å²) in [7, 11) is 0. The Morgan fingerprint density at radius 2 is 1.95 bits per heavy atom.